The van der Waals surface area contributed by atoms with Crippen LogP contribution in [-0.2, 0) is 19.8 Å². The zero-order chi connectivity index (χ0) is 17.4. The van der Waals surface area contributed by atoms with Crippen molar-refractivity contribution in [2.45, 2.75) is 10.9 Å². The predicted molar refractivity (Wildman–Crippen MR) is 92.3 cm³/mol. The molecular weight excluding hydrogens is 350 g/mol. The highest BCUT2D eigenvalue weighted by Gasteiger charge is 2.14. The van der Waals surface area contributed by atoms with Crippen molar-refractivity contribution in [1.29, 1.82) is 5.26 Å². The van der Waals surface area contributed by atoms with Crippen LogP contribution in [0, 0.1) is 11.3 Å². The lowest BCUT2D eigenvalue weighted by Gasteiger charge is -2.02. The van der Waals surface area contributed by atoms with Gasteiger partial charge in [0.15, 0.2) is 16.3 Å². The molecule has 3 rings (SSSR count). The molecular formula is C15H12ClN5O2S. The van der Waals surface area contributed by atoms with E-state index in [0.29, 0.717) is 27.1 Å². The lowest BCUT2D eigenvalue weighted by atomic mass is 10.2. The van der Waals surface area contributed by atoms with Gasteiger partial charge in [-0.05, 0) is 17.7 Å². The SMILES string of the molecule is Cn1c(=O)c2[nH]c(SCc3ccc(C#N)cc3Cl)nc2n(C)c1=O. The molecule has 1 N–H and O–H groups in total. The van der Waals surface area contributed by atoms with Crippen molar-refractivity contribution in [3.05, 3.63) is 55.2 Å². The summed E-state index contributed by atoms with van der Waals surface area (Å²) in [6.45, 7) is 0. The Balaban J connectivity index is 1.93. The highest BCUT2D eigenvalue weighted by molar-refractivity contribution is 7.98. The van der Waals surface area contributed by atoms with Crippen molar-refractivity contribution in [2.24, 2.45) is 14.1 Å². The third-order valence-electron chi connectivity index (χ3n) is 3.62. The van der Waals surface area contributed by atoms with E-state index < -0.39 is 11.2 Å². The predicted octanol–water partition coefficient (Wildman–Crippen LogP) is 1.78. The van der Waals surface area contributed by atoms with Crippen LogP contribution in [0.3, 0.4) is 0 Å². The van der Waals surface area contributed by atoms with Crippen LogP contribution in [0.25, 0.3) is 11.2 Å². The number of aryl methyl sites for hydroxylation is 1. The van der Waals surface area contributed by atoms with Gasteiger partial charge in [0.1, 0.15) is 0 Å². The van der Waals surface area contributed by atoms with Crippen molar-refractivity contribution in [2.75, 3.05) is 0 Å². The maximum Gasteiger partial charge on any atom is 0.332 e. The topological polar surface area (TPSA) is 96.5 Å². The van der Waals surface area contributed by atoms with E-state index in [4.69, 9.17) is 16.9 Å². The number of nitriles is 1. The van der Waals surface area contributed by atoms with Crippen LogP contribution in [0.15, 0.2) is 32.9 Å². The first kappa shape index (κ1) is 16.4. The second-order valence-electron chi connectivity index (χ2n) is 5.15. The van der Waals surface area contributed by atoms with E-state index >= 15 is 0 Å². The smallest absolute Gasteiger partial charge is 0.327 e. The second-order valence-corrected chi connectivity index (χ2v) is 6.52. The van der Waals surface area contributed by atoms with Crippen molar-refractivity contribution in [3.8, 4) is 6.07 Å². The van der Waals surface area contributed by atoms with Crippen LogP contribution in [0.5, 0.6) is 0 Å². The Morgan fingerprint density at radius 2 is 2.08 bits per heavy atom. The molecule has 0 aliphatic carbocycles. The summed E-state index contributed by atoms with van der Waals surface area (Å²) in [6, 6.07) is 7.11. The quantitative estimate of drug-likeness (QED) is 0.717. The number of nitrogens with zero attached hydrogens (tertiary/aromatic N) is 4. The van der Waals surface area contributed by atoms with E-state index in [0.717, 1.165) is 10.1 Å². The summed E-state index contributed by atoms with van der Waals surface area (Å²) >= 11 is 7.51. The van der Waals surface area contributed by atoms with E-state index in [2.05, 4.69) is 9.97 Å². The minimum absolute atomic E-state index is 0.285. The van der Waals surface area contributed by atoms with Gasteiger partial charge in [0.2, 0.25) is 0 Å². The molecule has 3 aromatic rings. The van der Waals surface area contributed by atoms with Gasteiger partial charge in [0.25, 0.3) is 5.56 Å². The number of aromatic amines is 1. The highest BCUT2D eigenvalue weighted by Crippen LogP contribution is 2.26. The van der Waals surface area contributed by atoms with Gasteiger partial charge in [0, 0.05) is 24.9 Å². The molecule has 2 heterocycles. The minimum Gasteiger partial charge on any atom is -0.327 e. The molecule has 0 aliphatic rings. The Hall–Kier alpha value is -2.50. The molecule has 0 saturated heterocycles. The summed E-state index contributed by atoms with van der Waals surface area (Å²) in [6.07, 6.45) is 0. The summed E-state index contributed by atoms with van der Waals surface area (Å²) in [5.41, 5.74) is 1.11. The molecule has 0 aliphatic heterocycles. The number of benzene rings is 1. The van der Waals surface area contributed by atoms with E-state index in [1.165, 1.54) is 23.4 Å². The molecule has 122 valence electrons. The fourth-order valence-electron chi connectivity index (χ4n) is 2.25. The summed E-state index contributed by atoms with van der Waals surface area (Å²) in [5, 5.41) is 9.87. The lowest BCUT2D eigenvalue weighted by Crippen LogP contribution is -2.36. The largest absolute Gasteiger partial charge is 0.332 e. The average molecular weight is 362 g/mol. The third-order valence-corrected chi connectivity index (χ3v) is 4.89. The number of halogens is 1. The standard InChI is InChI=1S/C15H12ClN5O2S/c1-20-12-11(13(22)21(2)15(20)23)18-14(19-12)24-7-9-4-3-8(6-17)5-10(9)16/h3-5H,7H2,1-2H3,(H,18,19). The third kappa shape index (κ3) is 2.72. The molecule has 0 saturated carbocycles. The van der Waals surface area contributed by atoms with Gasteiger partial charge in [-0.1, -0.05) is 29.4 Å². The van der Waals surface area contributed by atoms with E-state index in [9.17, 15) is 9.59 Å². The van der Waals surface area contributed by atoms with E-state index in [1.807, 2.05) is 6.07 Å². The number of thioether (sulfide) groups is 1. The Kier molecular flexibility index (Phi) is 4.22. The first-order chi connectivity index (χ1) is 11.4. The fourth-order valence-corrected chi connectivity index (χ4v) is 3.45. The lowest BCUT2D eigenvalue weighted by molar-refractivity contribution is 0.708. The molecule has 0 fully saturated rings. The van der Waals surface area contributed by atoms with Crippen molar-refractivity contribution in [1.82, 2.24) is 19.1 Å². The van der Waals surface area contributed by atoms with Gasteiger partial charge in [-0.2, -0.15) is 5.26 Å². The normalized spacial score (nSPS) is 10.9. The zero-order valence-corrected chi connectivity index (χ0v) is 14.4. The van der Waals surface area contributed by atoms with Crippen LogP contribution in [0.1, 0.15) is 11.1 Å². The Morgan fingerprint density at radius 3 is 2.75 bits per heavy atom. The number of aromatic nitrogens is 4. The van der Waals surface area contributed by atoms with Crippen molar-refractivity contribution in [3.63, 3.8) is 0 Å². The number of hydrogen-bond acceptors (Lipinski definition) is 5. The van der Waals surface area contributed by atoms with Gasteiger partial charge >= 0.3 is 5.69 Å². The molecule has 2 aromatic heterocycles. The van der Waals surface area contributed by atoms with Crippen LogP contribution in [0.4, 0.5) is 0 Å². The number of fused-ring (bicyclic) bond motifs is 1. The Morgan fingerprint density at radius 1 is 1.33 bits per heavy atom. The summed E-state index contributed by atoms with van der Waals surface area (Å²) in [4.78, 5) is 31.3. The molecule has 7 nitrogen and oxygen atoms in total. The maximum absolute atomic E-state index is 12.1. The Labute approximate surface area is 145 Å². The monoisotopic (exact) mass is 361 g/mol. The van der Waals surface area contributed by atoms with E-state index in [1.54, 1.807) is 25.2 Å². The molecule has 0 amide bonds. The number of nitrogens with one attached hydrogen (secondary N) is 1. The van der Waals surface area contributed by atoms with Crippen LogP contribution < -0.4 is 11.2 Å². The van der Waals surface area contributed by atoms with Crippen LogP contribution in [0.2, 0.25) is 5.02 Å². The number of H-pyrrole nitrogens is 1. The number of imidazole rings is 1. The first-order valence-electron chi connectivity index (χ1n) is 6.89. The minimum atomic E-state index is -0.425. The maximum atomic E-state index is 12.1. The molecule has 0 unspecified atom stereocenters. The van der Waals surface area contributed by atoms with Gasteiger partial charge in [-0.15, -0.1) is 0 Å². The van der Waals surface area contributed by atoms with Crippen molar-refractivity contribution < 1.29 is 0 Å². The van der Waals surface area contributed by atoms with Crippen molar-refractivity contribution >= 4 is 34.5 Å². The van der Waals surface area contributed by atoms with Gasteiger partial charge in [-0.3, -0.25) is 13.9 Å². The van der Waals surface area contributed by atoms with Gasteiger partial charge in [-0.25, -0.2) is 9.78 Å². The molecule has 9 heteroatoms. The van der Waals surface area contributed by atoms with E-state index in [-0.39, 0.29) is 5.52 Å². The van der Waals surface area contributed by atoms with Crippen LogP contribution in [-0.4, -0.2) is 19.1 Å². The molecule has 0 atom stereocenters. The highest BCUT2D eigenvalue weighted by atomic mass is 35.5. The zero-order valence-electron chi connectivity index (χ0n) is 12.8. The number of hydrogen-bond donors (Lipinski definition) is 1. The number of rotatable bonds is 3. The molecule has 0 bridgehead atoms. The first-order valence-corrected chi connectivity index (χ1v) is 8.25. The Bertz CT molecular complexity index is 1110. The molecule has 24 heavy (non-hydrogen) atoms. The molecule has 0 radical (unpaired) electrons. The average Bonchev–Trinajstić information content (AvgIpc) is 3.01. The van der Waals surface area contributed by atoms with Crippen LogP contribution >= 0.6 is 23.4 Å². The second kappa shape index (κ2) is 6.19. The summed E-state index contributed by atoms with van der Waals surface area (Å²) in [5.74, 6) is 0.513. The summed E-state index contributed by atoms with van der Waals surface area (Å²) in [7, 11) is 2.99. The van der Waals surface area contributed by atoms with Gasteiger partial charge in [0.05, 0.1) is 11.6 Å². The van der Waals surface area contributed by atoms with Gasteiger partial charge < -0.3 is 4.98 Å². The fraction of sp³-hybridized carbons (Fsp3) is 0.200. The molecule has 0 spiro atoms. The summed E-state index contributed by atoms with van der Waals surface area (Å²) < 4.78 is 2.36. The molecule has 1 aromatic carbocycles.